The van der Waals surface area contributed by atoms with Gasteiger partial charge in [-0.05, 0) is 29.7 Å². The van der Waals surface area contributed by atoms with Crippen molar-refractivity contribution < 1.29 is 5.11 Å². The van der Waals surface area contributed by atoms with Gasteiger partial charge >= 0.3 is 0 Å². The Kier molecular flexibility index (Phi) is 4.34. The summed E-state index contributed by atoms with van der Waals surface area (Å²) in [4.78, 5) is 4.13. The van der Waals surface area contributed by atoms with Crippen LogP contribution in [0.5, 0.6) is 0 Å². The molecule has 0 spiro atoms. The summed E-state index contributed by atoms with van der Waals surface area (Å²) in [5.41, 5.74) is 3.06. The van der Waals surface area contributed by atoms with Crippen molar-refractivity contribution in [3.63, 3.8) is 0 Å². The molecule has 0 bridgehead atoms. The number of aliphatic hydroxyl groups excluding tert-OH is 1. The molecule has 3 heteroatoms. The second-order valence-electron chi connectivity index (χ2n) is 4.29. The molecule has 0 saturated carbocycles. The van der Waals surface area contributed by atoms with E-state index in [-0.39, 0.29) is 0 Å². The number of hydrogen-bond donors (Lipinski definition) is 1. The van der Waals surface area contributed by atoms with Crippen LogP contribution in [0, 0.1) is 0 Å². The van der Waals surface area contributed by atoms with Crippen LogP contribution in [-0.2, 0) is 12.8 Å². The monoisotopic (exact) mass is 261 g/mol. The predicted octanol–water partition coefficient (Wildman–Crippen LogP) is 3.57. The number of rotatable bonds is 4. The van der Waals surface area contributed by atoms with Gasteiger partial charge in [0.25, 0.3) is 0 Å². The van der Waals surface area contributed by atoms with E-state index >= 15 is 0 Å². The zero-order chi connectivity index (χ0) is 13.0. The average Bonchev–Trinajstić information content (AvgIpc) is 2.40. The Labute approximate surface area is 112 Å². The molecule has 0 fully saturated rings. The van der Waals surface area contributed by atoms with Gasteiger partial charge in [-0.15, -0.1) is 0 Å². The average molecular weight is 262 g/mol. The van der Waals surface area contributed by atoms with Gasteiger partial charge in [0, 0.05) is 12.6 Å². The van der Waals surface area contributed by atoms with Gasteiger partial charge in [0.05, 0.1) is 16.8 Å². The minimum atomic E-state index is -0.588. The van der Waals surface area contributed by atoms with E-state index in [1.54, 1.807) is 18.3 Å². The molecule has 1 heterocycles. The van der Waals surface area contributed by atoms with E-state index in [1.807, 2.05) is 0 Å². The van der Waals surface area contributed by atoms with E-state index in [0.29, 0.717) is 17.1 Å². The molecular weight excluding hydrogens is 246 g/mol. The van der Waals surface area contributed by atoms with Crippen molar-refractivity contribution in [1.29, 1.82) is 0 Å². The maximum atomic E-state index is 10.1. The van der Waals surface area contributed by atoms with Gasteiger partial charge in [0.2, 0.25) is 0 Å². The smallest absolute Gasteiger partial charge is 0.0999 e. The summed E-state index contributed by atoms with van der Waals surface area (Å²) >= 11 is 5.77. The van der Waals surface area contributed by atoms with E-state index in [4.69, 9.17) is 11.6 Å². The molecule has 0 aliphatic heterocycles. The molecule has 1 aromatic heterocycles. The summed E-state index contributed by atoms with van der Waals surface area (Å²) in [6, 6.07) is 11.8. The second-order valence-corrected chi connectivity index (χ2v) is 4.73. The fourth-order valence-corrected chi connectivity index (χ4v) is 1.94. The number of aryl methyl sites for hydroxylation is 1. The minimum absolute atomic E-state index is 0.568. The molecule has 18 heavy (non-hydrogen) atoms. The van der Waals surface area contributed by atoms with Gasteiger partial charge in [-0.3, -0.25) is 4.98 Å². The Hall–Kier alpha value is -1.38. The quantitative estimate of drug-likeness (QED) is 0.913. The fraction of sp³-hybridized carbons (Fsp3) is 0.267. The summed E-state index contributed by atoms with van der Waals surface area (Å²) in [5, 5.41) is 10.7. The van der Waals surface area contributed by atoms with Crippen molar-refractivity contribution in [3.05, 3.63) is 64.4 Å². The lowest BCUT2D eigenvalue weighted by Crippen LogP contribution is -2.03. The molecule has 2 rings (SSSR count). The molecule has 0 saturated heterocycles. The SMILES string of the molecule is CCc1ccc(CC(O)c2ccc(Cl)cn2)cc1. The largest absolute Gasteiger partial charge is 0.386 e. The lowest BCUT2D eigenvalue weighted by molar-refractivity contribution is 0.173. The number of hydrogen-bond acceptors (Lipinski definition) is 2. The van der Waals surface area contributed by atoms with Crippen molar-refractivity contribution in [2.45, 2.75) is 25.9 Å². The molecule has 0 aliphatic rings. The van der Waals surface area contributed by atoms with Crippen molar-refractivity contribution in [2.24, 2.45) is 0 Å². The zero-order valence-electron chi connectivity index (χ0n) is 10.3. The number of aromatic nitrogens is 1. The molecule has 94 valence electrons. The number of aliphatic hydroxyl groups is 1. The Morgan fingerprint density at radius 2 is 1.78 bits per heavy atom. The van der Waals surface area contributed by atoms with E-state index in [2.05, 4.69) is 36.2 Å². The Bertz CT molecular complexity index is 493. The van der Waals surface area contributed by atoms with Crippen LogP contribution in [0.4, 0.5) is 0 Å². The van der Waals surface area contributed by atoms with Gasteiger partial charge in [-0.25, -0.2) is 0 Å². The Morgan fingerprint density at radius 1 is 1.11 bits per heavy atom. The summed E-state index contributed by atoms with van der Waals surface area (Å²) < 4.78 is 0. The van der Waals surface area contributed by atoms with Crippen LogP contribution >= 0.6 is 11.6 Å². The molecule has 0 radical (unpaired) electrons. The van der Waals surface area contributed by atoms with Crippen molar-refractivity contribution in [3.8, 4) is 0 Å². The van der Waals surface area contributed by atoms with Crippen LogP contribution < -0.4 is 0 Å². The summed E-state index contributed by atoms with van der Waals surface area (Å²) in [7, 11) is 0. The highest BCUT2D eigenvalue weighted by atomic mass is 35.5. The van der Waals surface area contributed by atoms with Crippen LogP contribution in [-0.4, -0.2) is 10.1 Å². The van der Waals surface area contributed by atoms with Gasteiger partial charge in [0.15, 0.2) is 0 Å². The first-order valence-corrected chi connectivity index (χ1v) is 6.44. The maximum Gasteiger partial charge on any atom is 0.0999 e. The Morgan fingerprint density at radius 3 is 2.33 bits per heavy atom. The highest BCUT2D eigenvalue weighted by Crippen LogP contribution is 2.18. The Balaban J connectivity index is 2.05. The van der Waals surface area contributed by atoms with E-state index in [9.17, 15) is 5.11 Å². The molecule has 0 amide bonds. The van der Waals surface area contributed by atoms with Gasteiger partial charge in [0.1, 0.15) is 0 Å². The maximum absolute atomic E-state index is 10.1. The fourth-order valence-electron chi connectivity index (χ4n) is 1.82. The van der Waals surface area contributed by atoms with Crippen molar-refractivity contribution >= 4 is 11.6 Å². The molecule has 1 atom stereocenters. The summed E-state index contributed by atoms with van der Waals surface area (Å²) in [5.74, 6) is 0. The zero-order valence-corrected chi connectivity index (χ0v) is 11.1. The van der Waals surface area contributed by atoms with Crippen molar-refractivity contribution in [1.82, 2.24) is 4.98 Å². The molecule has 2 nitrogen and oxygen atoms in total. The second kappa shape index (κ2) is 5.98. The van der Waals surface area contributed by atoms with Gasteiger partial charge in [-0.1, -0.05) is 42.8 Å². The molecule has 1 N–H and O–H groups in total. The van der Waals surface area contributed by atoms with Crippen LogP contribution in [0.25, 0.3) is 0 Å². The summed E-state index contributed by atoms with van der Waals surface area (Å²) in [6.07, 6.45) is 2.57. The number of halogens is 1. The number of nitrogens with zero attached hydrogens (tertiary/aromatic N) is 1. The predicted molar refractivity (Wildman–Crippen MR) is 73.7 cm³/mol. The van der Waals surface area contributed by atoms with E-state index in [0.717, 1.165) is 12.0 Å². The third-order valence-electron chi connectivity index (χ3n) is 2.95. The first-order valence-electron chi connectivity index (χ1n) is 6.06. The topological polar surface area (TPSA) is 33.1 Å². The number of benzene rings is 1. The van der Waals surface area contributed by atoms with Gasteiger partial charge in [-0.2, -0.15) is 0 Å². The van der Waals surface area contributed by atoms with Crippen LogP contribution in [0.15, 0.2) is 42.6 Å². The molecule has 0 aliphatic carbocycles. The lowest BCUT2D eigenvalue weighted by Gasteiger charge is -2.10. The van der Waals surface area contributed by atoms with E-state index < -0.39 is 6.10 Å². The third-order valence-corrected chi connectivity index (χ3v) is 3.18. The van der Waals surface area contributed by atoms with E-state index in [1.165, 1.54) is 5.56 Å². The first kappa shape index (κ1) is 13.1. The highest BCUT2D eigenvalue weighted by molar-refractivity contribution is 6.30. The first-order chi connectivity index (χ1) is 8.69. The third kappa shape index (κ3) is 3.31. The van der Waals surface area contributed by atoms with Crippen LogP contribution in [0.1, 0.15) is 29.8 Å². The minimum Gasteiger partial charge on any atom is -0.386 e. The van der Waals surface area contributed by atoms with Crippen LogP contribution in [0.3, 0.4) is 0 Å². The normalized spacial score (nSPS) is 12.4. The van der Waals surface area contributed by atoms with Crippen molar-refractivity contribution in [2.75, 3.05) is 0 Å². The van der Waals surface area contributed by atoms with Crippen LogP contribution in [0.2, 0.25) is 5.02 Å². The molecule has 2 aromatic rings. The number of pyridine rings is 1. The molecule has 1 unspecified atom stereocenters. The van der Waals surface area contributed by atoms with Gasteiger partial charge < -0.3 is 5.11 Å². The molecular formula is C15H16ClNO. The highest BCUT2D eigenvalue weighted by Gasteiger charge is 2.09. The standard InChI is InChI=1S/C15H16ClNO/c1-2-11-3-5-12(6-4-11)9-15(18)14-8-7-13(16)10-17-14/h3-8,10,15,18H,2,9H2,1H3. The molecule has 1 aromatic carbocycles. The lowest BCUT2D eigenvalue weighted by atomic mass is 10.0. The summed E-state index contributed by atoms with van der Waals surface area (Å²) in [6.45, 7) is 2.13.